The molecule has 3 fully saturated rings. The summed E-state index contributed by atoms with van der Waals surface area (Å²) in [5, 5.41) is 11.5. The molecule has 21 nitrogen and oxygen atoms in total. The molecule has 1 aliphatic carbocycles. The molecule has 356 valence electrons. The molecular weight excluding hydrogens is 871 g/mol. The van der Waals surface area contributed by atoms with E-state index in [0.717, 1.165) is 113 Å². The number of hydrogen-bond donors (Lipinski definition) is 4. The van der Waals surface area contributed by atoms with Crippen LogP contribution in [0.1, 0.15) is 71.3 Å². The number of methoxy groups -OCH3 is 1. The van der Waals surface area contributed by atoms with Crippen molar-refractivity contribution in [2.24, 2.45) is 4.99 Å². The fraction of sp³-hybridized carbons (Fsp3) is 0.447. The first-order chi connectivity index (χ1) is 33.2. The number of ether oxygens (including phenoxy) is 3. The summed E-state index contributed by atoms with van der Waals surface area (Å²) >= 11 is 0. The zero-order valence-corrected chi connectivity index (χ0v) is 38.7. The molecule has 1 aromatic carbocycles. The number of anilines is 5. The van der Waals surface area contributed by atoms with E-state index >= 15 is 0 Å². The van der Waals surface area contributed by atoms with Crippen LogP contribution in [0.4, 0.5) is 29.2 Å². The minimum atomic E-state index is -0.507. The summed E-state index contributed by atoms with van der Waals surface area (Å²) in [5.41, 5.74) is 8.88. The maximum Gasteiger partial charge on any atom is 0.283 e. The summed E-state index contributed by atoms with van der Waals surface area (Å²) < 4.78 is 20.8. The predicted octanol–water partition coefficient (Wildman–Crippen LogP) is 3.65. The third-order valence-corrected chi connectivity index (χ3v) is 12.7. The second-order valence-corrected chi connectivity index (χ2v) is 17.1. The molecule has 3 aliphatic heterocycles. The van der Waals surface area contributed by atoms with Crippen LogP contribution in [0.5, 0.6) is 11.5 Å². The van der Waals surface area contributed by atoms with Gasteiger partial charge in [0.2, 0.25) is 17.5 Å². The Morgan fingerprint density at radius 3 is 2.43 bits per heavy atom. The Hall–Kier alpha value is -7.10. The van der Waals surface area contributed by atoms with Crippen molar-refractivity contribution >= 4 is 62.8 Å². The number of carbonyl (C=O) groups excluding carboxylic acids is 2. The largest absolute Gasteiger partial charge is 0.491 e. The number of nitrogens with one attached hydrogen (secondary N) is 3. The number of hydrogen-bond acceptors (Lipinski definition) is 18. The van der Waals surface area contributed by atoms with Gasteiger partial charge >= 0.3 is 0 Å². The van der Waals surface area contributed by atoms with Gasteiger partial charge in [0.05, 0.1) is 49.9 Å². The number of morpholine rings is 1. The summed E-state index contributed by atoms with van der Waals surface area (Å²) in [6.45, 7) is 13.4. The average Bonchev–Trinajstić information content (AvgIpc) is 4.08. The Morgan fingerprint density at radius 1 is 0.926 bits per heavy atom. The first-order valence-corrected chi connectivity index (χ1v) is 23.2. The van der Waals surface area contributed by atoms with Crippen molar-refractivity contribution in [2.45, 2.75) is 58.5 Å². The first kappa shape index (κ1) is 46.0. The number of ketones is 1. The van der Waals surface area contributed by atoms with E-state index < -0.39 is 5.91 Å². The van der Waals surface area contributed by atoms with E-state index in [-0.39, 0.29) is 40.1 Å². The van der Waals surface area contributed by atoms with Crippen LogP contribution in [-0.2, 0) is 11.3 Å². The highest BCUT2D eigenvalue weighted by molar-refractivity contribution is 5.99. The van der Waals surface area contributed by atoms with Crippen LogP contribution < -0.4 is 47.2 Å². The molecule has 21 heteroatoms. The smallest absolute Gasteiger partial charge is 0.283 e. The third kappa shape index (κ3) is 9.95. The lowest BCUT2D eigenvalue weighted by Crippen LogP contribution is -2.43. The number of benzene rings is 1. The molecule has 0 spiro atoms. The second kappa shape index (κ2) is 20.8. The number of nitrogens with zero attached hydrogens (tertiary/aromatic N) is 11. The van der Waals surface area contributed by atoms with Crippen molar-refractivity contribution in [3.63, 3.8) is 0 Å². The first-order valence-electron chi connectivity index (χ1n) is 23.2. The van der Waals surface area contributed by atoms with E-state index in [4.69, 9.17) is 29.9 Å². The molecule has 5 aromatic heterocycles. The van der Waals surface area contributed by atoms with E-state index in [1.165, 1.54) is 19.3 Å². The van der Waals surface area contributed by atoms with Gasteiger partial charge in [-0.05, 0) is 62.9 Å². The fourth-order valence-electron chi connectivity index (χ4n) is 9.24. The van der Waals surface area contributed by atoms with Crippen molar-refractivity contribution < 1.29 is 23.8 Å². The number of pyridine rings is 2. The Balaban J connectivity index is 0.000000170. The Morgan fingerprint density at radius 2 is 1.71 bits per heavy atom. The van der Waals surface area contributed by atoms with Gasteiger partial charge in [0, 0.05) is 94.3 Å². The van der Waals surface area contributed by atoms with Crippen molar-refractivity contribution in [1.29, 1.82) is 0 Å². The average molecular weight is 928 g/mol. The van der Waals surface area contributed by atoms with Gasteiger partial charge in [-0.25, -0.2) is 24.9 Å². The fourth-order valence-corrected chi connectivity index (χ4v) is 9.24. The van der Waals surface area contributed by atoms with Crippen LogP contribution >= 0.6 is 0 Å². The standard InChI is InChI=1S/C24H29N7O2.C23H28N8O4/c1-15-19-14-27-24(28-20-8-7-18(13-26-20)30-11-9-25-10-12-30)29-22(19)31(17-5-3-4-6-17)23(33)21(15)16(2)32;1-33-19-17(35-10-2-6-30-8-11-34-12-9-30)4-3-16-18(19)28-23(31-7-5-25-20(16)31)29-21(32)15-13-26-22(24)27-14-15/h7-8,13-14,17,25H,3-6,9-12H2,1-2H3,(H,26,27,28,29);3-4,13-14,25H,2,5-12H2,1H3,(H2,24,26,27). The maximum absolute atomic E-state index is 13.3. The third-order valence-electron chi connectivity index (χ3n) is 12.7. The van der Waals surface area contributed by atoms with Crippen LogP contribution in [0.25, 0.3) is 21.9 Å². The molecule has 68 heavy (non-hydrogen) atoms. The molecule has 4 aliphatic rings. The number of fused-ring (bicyclic) bond motifs is 4. The summed E-state index contributed by atoms with van der Waals surface area (Å²) in [7, 11) is 1.58. The molecule has 1 amide bonds. The van der Waals surface area contributed by atoms with Crippen molar-refractivity contribution in [3.05, 3.63) is 81.7 Å². The normalized spacial score (nSPS) is 16.6. The molecule has 6 aromatic rings. The molecule has 8 heterocycles. The zero-order chi connectivity index (χ0) is 47.1. The molecule has 0 radical (unpaired) electrons. The number of piperazine rings is 1. The number of carbonyl (C=O) groups is 2. The Bertz CT molecular complexity index is 2920. The van der Waals surface area contributed by atoms with Gasteiger partial charge in [-0.1, -0.05) is 12.8 Å². The summed E-state index contributed by atoms with van der Waals surface area (Å²) in [6, 6.07) is 7.86. The quantitative estimate of drug-likeness (QED) is 0.101. The summed E-state index contributed by atoms with van der Waals surface area (Å²) in [6.07, 6.45) is 11.1. The van der Waals surface area contributed by atoms with Crippen LogP contribution in [0, 0.1) is 6.92 Å². The number of aromatic nitrogens is 8. The summed E-state index contributed by atoms with van der Waals surface area (Å²) in [5.74, 6) is 2.31. The van der Waals surface area contributed by atoms with Gasteiger partial charge in [-0.2, -0.15) is 9.98 Å². The maximum atomic E-state index is 13.3. The molecule has 10 rings (SSSR count). The van der Waals surface area contributed by atoms with E-state index in [0.29, 0.717) is 59.7 Å². The lowest BCUT2D eigenvalue weighted by molar-refractivity contribution is 0.0357. The van der Waals surface area contributed by atoms with Gasteiger partial charge < -0.3 is 40.8 Å². The monoisotopic (exact) mass is 927 g/mol. The van der Waals surface area contributed by atoms with Crippen LogP contribution in [0.2, 0.25) is 0 Å². The highest BCUT2D eigenvalue weighted by atomic mass is 16.5. The second-order valence-electron chi connectivity index (χ2n) is 17.1. The number of aryl methyl sites for hydroxylation is 1. The molecule has 2 saturated heterocycles. The summed E-state index contributed by atoms with van der Waals surface area (Å²) in [4.78, 5) is 73.4. The molecule has 5 N–H and O–H groups in total. The van der Waals surface area contributed by atoms with Crippen LogP contribution in [0.15, 0.2) is 58.8 Å². The molecule has 0 unspecified atom stereocenters. The van der Waals surface area contributed by atoms with Gasteiger partial charge in [0.25, 0.3) is 11.5 Å². The van der Waals surface area contributed by atoms with E-state index in [9.17, 15) is 14.4 Å². The topological polar surface area (TPSA) is 247 Å². The Kier molecular flexibility index (Phi) is 14.1. The molecule has 0 atom stereocenters. The van der Waals surface area contributed by atoms with Gasteiger partial charge in [-0.15, -0.1) is 0 Å². The highest BCUT2D eigenvalue weighted by Gasteiger charge is 2.26. The number of nitrogen functional groups attached to an aromatic ring is 1. The van der Waals surface area contributed by atoms with Crippen molar-refractivity contribution in [2.75, 3.05) is 101 Å². The van der Waals surface area contributed by atoms with Gasteiger partial charge in [0.1, 0.15) is 22.8 Å². The number of amides is 1. The molecule has 1 saturated carbocycles. The minimum Gasteiger partial charge on any atom is -0.491 e. The number of Topliss-reactive ketones (excluding diaryl/α,β-unsaturated/α-hetero) is 1. The van der Waals surface area contributed by atoms with Gasteiger partial charge in [-0.3, -0.25) is 28.4 Å². The van der Waals surface area contributed by atoms with E-state index in [1.807, 2.05) is 35.0 Å². The van der Waals surface area contributed by atoms with Gasteiger partial charge in [0.15, 0.2) is 17.3 Å². The number of rotatable bonds is 12. The number of nitrogens with two attached hydrogens (primary N) is 1. The van der Waals surface area contributed by atoms with Crippen LogP contribution in [-0.4, -0.2) is 135 Å². The SMILES string of the molecule is CC(=O)c1c(C)c2cnc(Nc3ccc(N4CCNCC4)cn3)nc2n(C2CCCC2)c1=O.COc1c(OCCCN2CCOCC2)ccc2c3n(c(=NC(=O)c4cnc(N)nc4)nc12)CCN3. The minimum absolute atomic E-state index is 0.0536. The van der Waals surface area contributed by atoms with Crippen molar-refractivity contribution in [1.82, 2.24) is 49.3 Å². The molecule has 0 bridgehead atoms. The van der Waals surface area contributed by atoms with Crippen LogP contribution in [0.3, 0.4) is 0 Å². The van der Waals surface area contributed by atoms with Crippen molar-refractivity contribution in [3.8, 4) is 11.5 Å². The highest BCUT2D eigenvalue weighted by Crippen LogP contribution is 2.37. The van der Waals surface area contributed by atoms with E-state index in [2.05, 4.69) is 50.7 Å². The predicted molar refractivity (Wildman–Crippen MR) is 257 cm³/mol. The lowest BCUT2D eigenvalue weighted by atomic mass is 10.0. The lowest BCUT2D eigenvalue weighted by Gasteiger charge is -2.29. The zero-order valence-electron chi connectivity index (χ0n) is 38.7. The Labute approximate surface area is 392 Å². The molecular formula is C47H57N15O6. The van der Waals surface area contributed by atoms with E-state index in [1.54, 1.807) is 24.8 Å².